The Morgan fingerprint density at radius 3 is 3.05 bits per heavy atom. The topological polar surface area (TPSA) is 58.2 Å². The number of H-pyrrole nitrogens is 1. The van der Waals surface area contributed by atoms with Crippen LogP contribution in [0.5, 0.6) is 0 Å². The number of hydrogen-bond acceptors (Lipinski definition) is 4. The zero-order valence-corrected chi connectivity index (χ0v) is 12.3. The Morgan fingerprint density at radius 1 is 1.43 bits per heavy atom. The lowest BCUT2D eigenvalue weighted by atomic mass is 9.91. The molecule has 2 heterocycles. The van der Waals surface area contributed by atoms with Crippen molar-refractivity contribution in [3.63, 3.8) is 0 Å². The molecule has 0 saturated heterocycles. The molecular formula is C16H19N3O2. The Bertz CT molecular complexity index is 696. The lowest BCUT2D eigenvalue weighted by Gasteiger charge is -2.33. The number of hydrogen-bond donors (Lipinski definition) is 1. The molecule has 0 aliphatic carbocycles. The van der Waals surface area contributed by atoms with E-state index in [0.29, 0.717) is 24.2 Å². The third kappa shape index (κ3) is 2.83. The van der Waals surface area contributed by atoms with Gasteiger partial charge in [-0.15, -0.1) is 0 Å². The fourth-order valence-electron chi connectivity index (χ4n) is 2.89. The fraction of sp³-hybridized carbons (Fsp3) is 0.375. The second-order valence-electron chi connectivity index (χ2n) is 5.46. The fourth-order valence-corrected chi connectivity index (χ4v) is 2.89. The van der Waals surface area contributed by atoms with Crippen molar-refractivity contribution in [3.8, 4) is 0 Å². The monoisotopic (exact) mass is 285 g/mol. The van der Waals surface area contributed by atoms with E-state index in [0.717, 1.165) is 13.1 Å². The second-order valence-corrected chi connectivity index (χ2v) is 5.46. The van der Waals surface area contributed by atoms with Gasteiger partial charge in [-0.2, -0.15) is 0 Å². The van der Waals surface area contributed by atoms with Crippen LogP contribution < -0.4 is 10.5 Å². The van der Waals surface area contributed by atoms with Crippen LogP contribution in [0.4, 0.5) is 5.82 Å². The van der Waals surface area contributed by atoms with E-state index < -0.39 is 0 Å². The largest absolute Gasteiger partial charge is 0.377 e. The molecule has 1 atom stereocenters. The summed E-state index contributed by atoms with van der Waals surface area (Å²) in [6.07, 6.45) is 0. The lowest BCUT2D eigenvalue weighted by Crippen LogP contribution is -2.34. The zero-order valence-electron chi connectivity index (χ0n) is 12.3. The number of ether oxygens (including phenoxy) is 1. The van der Waals surface area contributed by atoms with Gasteiger partial charge in [0, 0.05) is 26.3 Å². The van der Waals surface area contributed by atoms with Gasteiger partial charge in [0.05, 0.1) is 0 Å². The summed E-state index contributed by atoms with van der Waals surface area (Å²) in [6, 6.07) is 10.0. The standard InChI is InChI=1S/C16H19N3O2/c1-11-8-19(9-12-5-3-4-6-13(11)12)15-7-16(20)18-14(17-15)10-21-2/h3-7,11H,8-10H2,1-2H3,(H,17,18,20). The van der Waals surface area contributed by atoms with Crippen LogP contribution in [0.1, 0.15) is 29.8 Å². The Morgan fingerprint density at radius 2 is 2.24 bits per heavy atom. The van der Waals surface area contributed by atoms with E-state index in [1.807, 2.05) is 0 Å². The quantitative estimate of drug-likeness (QED) is 0.937. The molecular weight excluding hydrogens is 266 g/mol. The average molecular weight is 285 g/mol. The lowest BCUT2D eigenvalue weighted by molar-refractivity contribution is 0.177. The first kappa shape index (κ1) is 13.8. The van der Waals surface area contributed by atoms with Crippen molar-refractivity contribution in [2.75, 3.05) is 18.6 Å². The predicted octanol–water partition coefficient (Wildman–Crippen LogP) is 2.04. The van der Waals surface area contributed by atoms with E-state index in [2.05, 4.69) is 46.1 Å². The van der Waals surface area contributed by atoms with E-state index in [1.54, 1.807) is 13.2 Å². The number of methoxy groups -OCH3 is 1. The van der Waals surface area contributed by atoms with Gasteiger partial charge in [-0.25, -0.2) is 4.98 Å². The molecule has 0 fully saturated rings. The van der Waals surface area contributed by atoms with E-state index in [9.17, 15) is 4.79 Å². The third-order valence-corrected chi connectivity index (χ3v) is 3.82. The average Bonchev–Trinajstić information content (AvgIpc) is 2.47. The van der Waals surface area contributed by atoms with E-state index in [-0.39, 0.29) is 5.56 Å². The van der Waals surface area contributed by atoms with Crippen molar-refractivity contribution in [2.24, 2.45) is 0 Å². The van der Waals surface area contributed by atoms with Gasteiger partial charge in [-0.3, -0.25) is 4.79 Å². The first-order valence-corrected chi connectivity index (χ1v) is 7.09. The molecule has 110 valence electrons. The highest BCUT2D eigenvalue weighted by atomic mass is 16.5. The molecule has 1 aliphatic heterocycles. The minimum absolute atomic E-state index is 0.140. The summed E-state index contributed by atoms with van der Waals surface area (Å²) in [5, 5.41) is 0. The molecule has 1 aliphatic rings. The Balaban J connectivity index is 1.94. The van der Waals surface area contributed by atoms with Crippen molar-refractivity contribution in [2.45, 2.75) is 26.0 Å². The van der Waals surface area contributed by atoms with Gasteiger partial charge in [0.25, 0.3) is 5.56 Å². The molecule has 0 bridgehead atoms. The summed E-state index contributed by atoms with van der Waals surface area (Å²) in [5.74, 6) is 1.69. The molecule has 5 nitrogen and oxygen atoms in total. The molecule has 0 saturated carbocycles. The van der Waals surface area contributed by atoms with Gasteiger partial charge in [0.2, 0.25) is 0 Å². The number of fused-ring (bicyclic) bond motifs is 1. The maximum atomic E-state index is 11.8. The van der Waals surface area contributed by atoms with Crippen molar-refractivity contribution in [3.05, 3.63) is 57.6 Å². The highest BCUT2D eigenvalue weighted by Gasteiger charge is 2.23. The van der Waals surface area contributed by atoms with E-state index in [4.69, 9.17) is 4.74 Å². The van der Waals surface area contributed by atoms with Gasteiger partial charge < -0.3 is 14.6 Å². The molecule has 0 amide bonds. The molecule has 3 rings (SSSR count). The summed E-state index contributed by atoms with van der Waals surface area (Å²) < 4.78 is 5.05. The summed E-state index contributed by atoms with van der Waals surface area (Å²) in [7, 11) is 1.59. The van der Waals surface area contributed by atoms with Crippen LogP contribution >= 0.6 is 0 Å². The Kier molecular flexibility index (Phi) is 3.75. The number of nitrogens with one attached hydrogen (secondary N) is 1. The normalized spacial score (nSPS) is 17.6. The second kappa shape index (κ2) is 5.69. The summed E-state index contributed by atoms with van der Waals surface area (Å²) in [5.41, 5.74) is 2.54. The van der Waals surface area contributed by atoms with Gasteiger partial charge in [0.1, 0.15) is 18.2 Å². The Hall–Kier alpha value is -2.14. The van der Waals surface area contributed by atoms with Crippen molar-refractivity contribution in [1.82, 2.24) is 9.97 Å². The maximum Gasteiger partial charge on any atom is 0.253 e. The molecule has 5 heteroatoms. The number of rotatable bonds is 3. The van der Waals surface area contributed by atoms with E-state index in [1.165, 1.54) is 11.1 Å². The summed E-state index contributed by atoms with van der Waals surface area (Å²) >= 11 is 0. The molecule has 21 heavy (non-hydrogen) atoms. The van der Waals surface area contributed by atoms with Crippen LogP contribution in [-0.2, 0) is 17.9 Å². The molecule has 0 spiro atoms. The van der Waals surface area contributed by atoms with Crippen LogP contribution in [-0.4, -0.2) is 23.6 Å². The molecule has 2 aromatic rings. The molecule has 1 aromatic heterocycles. The molecule has 1 N–H and O–H groups in total. The molecule has 1 unspecified atom stereocenters. The van der Waals surface area contributed by atoms with Crippen LogP contribution in [0.15, 0.2) is 35.1 Å². The Labute approximate surface area is 123 Å². The number of nitrogens with zero attached hydrogens (tertiary/aromatic N) is 2. The third-order valence-electron chi connectivity index (χ3n) is 3.82. The van der Waals surface area contributed by atoms with Crippen LogP contribution in [0.3, 0.4) is 0 Å². The predicted molar refractivity (Wildman–Crippen MR) is 81.5 cm³/mol. The molecule has 0 radical (unpaired) electrons. The zero-order chi connectivity index (χ0) is 14.8. The minimum Gasteiger partial charge on any atom is -0.377 e. The van der Waals surface area contributed by atoms with E-state index >= 15 is 0 Å². The van der Waals surface area contributed by atoms with Crippen LogP contribution in [0.25, 0.3) is 0 Å². The first-order valence-electron chi connectivity index (χ1n) is 7.09. The van der Waals surface area contributed by atoms with Crippen LogP contribution in [0, 0.1) is 0 Å². The highest BCUT2D eigenvalue weighted by Crippen LogP contribution is 2.29. The minimum atomic E-state index is -0.140. The van der Waals surface area contributed by atoms with Crippen molar-refractivity contribution < 1.29 is 4.74 Å². The number of aromatic amines is 1. The van der Waals surface area contributed by atoms with Gasteiger partial charge in [0.15, 0.2) is 0 Å². The SMILES string of the molecule is COCc1nc(N2Cc3ccccc3C(C)C2)cc(=O)[nH]1. The summed E-state index contributed by atoms with van der Waals surface area (Å²) in [4.78, 5) is 21.1. The molecule has 1 aromatic carbocycles. The van der Waals surface area contributed by atoms with Crippen molar-refractivity contribution >= 4 is 5.82 Å². The first-order chi connectivity index (χ1) is 10.2. The highest BCUT2D eigenvalue weighted by molar-refractivity contribution is 5.45. The number of benzene rings is 1. The van der Waals surface area contributed by atoms with Crippen LogP contribution in [0.2, 0.25) is 0 Å². The van der Waals surface area contributed by atoms with Crippen molar-refractivity contribution in [1.29, 1.82) is 0 Å². The van der Waals surface area contributed by atoms with Gasteiger partial charge >= 0.3 is 0 Å². The number of aromatic nitrogens is 2. The number of anilines is 1. The summed E-state index contributed by atoms with van der Waals surface area (Å²) in [6.45, 7) is 4.15. The smallest absolute Gasteiger partial charge is 0.253 e. The maximum absolute atomic E-state index is 11.8. The van der Waals surface area contributed by atoms with Gasteiger partial charge in [-0.1, -0.05) is 31.2 Å². The van der Waals surface area contributed by atoms with Gasteiger partial charge in [-0.05, 0) is 17.0 Å².